The zero-order chi connectivity index (χ0) is 20.3. The Morgan fingerprint density at radius 3 is 2.54 bits per heavy atom. The first-order chi connectivity index (χ1) is 13.4. The molecule has 8 heteroatoms. The molecule has 0 aliphatic carbocycles. The molecule has 28 heavy (non-hydrogen) atoms. The molecule has 0 spiro atoms. The van der Waals surface area contributed by atoms with Crippen molar-refractivity contribution in [1.29, 1.82) is 0 Å². The number of nitrogens with zero attached hydrogens (tertiary/aromatic N) is 1. The first-order valence-corrected chi connectivity index (χ1v) is 11.7. The van der Waals surface area contributed by atoms with Crippen molar-refractivity contribution in [2.24, 2.45) is 0 Å². The highest BCUT2D eigenvalue weighted by Crippen LogP contribution is 2.38. The topological polar surface area (TPSA) is 63.7 Å². The van der Waals surface area contributed by atoms with Crippen LogP contribution < -0.4 is 0 Å². The molecule has 1 aliphatic heterocycles. The van der Waals surface area contributed by atoms with Crippen LogP contribution in [0.4, 0.5) is 0 Å². The lowest BCUT2D eigenvalue weighted by Gasteiger charge is -2.32. The van der Waals surface area contributed by atoms with Crippen molar-refractivity contribution in [3.05, 3.63) is 52.9 Å². The van der Waals surface area contributed by atoms with Gasteiger partial charge in [-0.1, -0.05) is 30.7 Å². The molecular weight excluding hydrogens is 418 g/mol. The zero-order valence-corrected chi connectivity index (χ0v) is 17.9. The van der Waals surface area contributed by atoms with Gasteiger partial charge in [0.15, 0.2) is 9.84 Å². The number of hydrogen-bond donors (Lipinski definition) is 0. The molecule has 0 radical (unpaired) electrons. The second-order valence-electron chi connectivity index (χ2n) is 6.60. The molecule has 0 amide bonds. The van der Waals surface area contributed by atoms with E-state index >= 15 is 0 Å². The molecule has 0 bridgehead atoms. The van der Waals surface area contributed by atoms with Crippen molar-refractivity contribution in [2.45, 2.75) is 23.1 Å². The SMILES string of the molecule is C=CC(N1CCOCC1)S(=O)(=O)c1ccc(C(C)C=O)cc1-c1ccc(Cl)s1. The van der Waals surface area contributed by atoms with Crippen molar-refractivity contribution in [3.63, 3.8) is 0 Å². The zero-order valence-electron chi connectivity index (χ0n) is 15.5. The number of aldehydes is 1. The smallest absolute Gasteiger partial charge is 0.198 e. The summed E-state index contributed by atoms with van der Waals surface area (Å²) in [5.41, 5.74) is 1.32. The van der Waals surface area contributed by atoms with Gasteiger partial charge in [-0.25, -0.2) is 8.42 Å². The number of hydrogen-bond acceptors (Lipinski definition) is 6. The Morgan fingerprint density at radius 2 is 1.96 bits per heavy atom. The molecule has 0 N–H and O–H groups in total. The Morgan fingerprint density at radius 1 is 1.25 bits per heavy atom. The van der Waals surface area contributed by atoms with E-state index in [-0.39, 0.29) is 10.8 Å². The molecule has 1 fully saturated rings. The lowest BCUT2D eigenvalue weighted by molar-refractivity contribution is -0.108. The van der Waals surface area contributed by atoms with E-state index in [0.29, 0.717) is 36.2 Å². The van der Waals surface area contributed by atoms with Crippen molar-refractivity contribution >= 4 is 39.1 Å². The minimum absolute atomic E-state index is 0.212. The first-order valence-electron chi connectivity index (χ1n) is 8.91. The Bertz CT molecular complexity index is 964. The third kappa shape index (κ3) is 4.23. The number of carbonyl (C=O) groups excluding carboxylic acids is 1. The largest absolute Gasteiger partial charge is 0.379 e. The molecule has 2 aromatic rings. The van der Waals surface area contributed by atoms with Crippen LogP contribution in [0.1, 0.15) is 18.4 Å². The summed E-state index contributed by atoms with van der Waals surface area (Å²) < 4.78 is 33.0. The normalized spacial score (nSPS) is 17.8. The maximum atomic E-state index is 13.6. The predicted octanol–water partition coefficient (Wildman–Crippen LogP) is 3.99. The standard InChI is InChI=1S/C20H22ClNO4S2/c1-3-20(22-8-10-26-11-9-22)28(24,25)18-6-4-15(14(2)13-23)12-16(18)17-5-7-19(21)27-17/h3-7,12-14,20H,1,8-11H2,2H3. The second kappa shape index (κ2) is 8.88. The van der Waals surface area contributed by atoms with Crippen LogP contribution in [0.15, 0.2) is 47.9 Å². The van der Waals surface area contributed by atoms with Crippen molar-refractivity contribution in [3.8, 4) is 10.4 Å². The summed E-state index contributed by atoms with van der Waals surface area (Å²) in [6.07, 6.45) is 2.31. The third-order valence-electron chi connectivity index (χ3n) is 4.80. The van der Waals surface area contributed by atoms with Gasteiger partial charge in [-0.3, -0.25) is 4.90 Å². The quantitative estimate of drug-likeness (QED) is 0.482. The van der Waals surface area contributed by atoms with E-state index < -0.39 is 15.2 Å². The lowest BCUT2D eigenvalue weighted by atomic mass is 10.00. The Kier molecular flexibility index (Phi) is 6.73. The number of thiophene rings is 1. The monoisotopic (exact) mass is 439 g/mol. The average molecular weight is 440 g/mol. The van der Waals surface area contributed by atoms with Crippen LogP contribution >= 0.6 is 22.9 Å². The molecule has 1 aromatic heterocycles. The summed E-state index contributed by atoms with van der Waals surface area (Å²) in [5, 5.41) is -0.847. The summed E-state index contributed by atoms with van der Waals surface area (Å²) >= 11 is 7.40. The first kappa shape index (κ1) is 21.2. The fourth-order valence-corrected chi connectivity index (χ4v) is 6.23. The van der Waals surface area contributed by atoms with Crippen molar-refractivity contribution < 1.29 is 17.9 Å². The van der Waals surface area contributed by atoms with Crippen molar-refractivity contribution in [1.82, 2.24) is 4.90 Å². The summed E-state index contributed by atoms with van der Waals surface area (Å²) in [6.45, 7) is 7.57. The fourth-order valence-electron chi connectivity index (χ4n) is 3.24. The molecule has 150 valence electrons. The molecule has 2 heterocycles. The van der Waals surface area contributed by atoms with E-state index in [9.17, 15) is 13.2 Å². The van der Waals surface area contributed by atoms with Crippen LogP contribution in [0.5, 0.6) is 0 Å². The molecule has 3 rings (SSSR count). The number of benzene rings is 1. The van der Waals surface area contributed by atoms with E-state index in [2.05, 4.69) is 6.58 Å². The van der Waals surface area contributed by atoms with Gasteiger partial charge >= 0.3 is 0 Å². The highest BCUT2D eigenvalue weighted by Gasteiger charge is 2.33. The van der Waals surface area contributed by atoms with E-state index in [1.54, 1.807) is 37.3 Å². The van der Waals surface area contributed by atoms with Crippen LogP contribution in [0.2, 0.25) is 4.34 Å². The summed E-state index contributed by atoms with van der Waals surface area (Å²) in [7, 11) is -3.74. The lowest BCUT2D eigenvalue weighted by Crippen LogP contribution is -2.46. The summed E-state index contributed by atoms with van der Waals surface area (Å²) in [4.78, 5) is 14.0. The second-order valence-corrected chi connectivity index (χ2v) is 10.3. The van der Waals surface area contributed by atoms with Gasteiger partial charge in [0.05, 0.1) is 22.4 Å². The highest BCUT2D eigenvalue weighted by atomic mass is 35.5. The molecule has 1 aliphatic rings. The molecule has 0 saturated carbocycles. The fraction of sp³-hybridized carbons (Fsp3) is 0.350. The van der Waals surface area contributed by atoms with E-state index in [1.807, 2.05) is 4.90 Å². The Balaban J connectivity index is 2.13. The number of morpholine rings is 1. The van der Waals surface area contributed by atoms with Crippen LogP contribution in [-0.4, -0.2) is 51.3 Å². The number of carbonyl (C=O) groups is 1. The van der Waals surface area contributed by atoms with Gasteiger partial charge in [0.2, 0.25) is 0 Å². The predicted molar refractivity (Wildman–Crippen MR) is 113 cm³/mol. The molecule has 2 atom stereocenters. The highest BCUT2D eigenvalue weighted by molar-refractivity contribution is 7.92. The number of rotatable bonds is 7. The van der Waals surface area contributed by atoms with Crippen LogP contribution in [-0.2, 0) is 19.4 Å². The summed E-state index contributed by atoms with van der Waals surface area (Å²) in [5.74, 6) is -0.333. The third-order valence-corrected chi connectivity index (χ3v) is 8.16. The van der Waals surface area contributed by atoms with Gasteiger partial charge in [0.1, 0.15) is 11.7 Å². The van der Waals surface area contributed by atoms with E-state index in [1.165, 1.54) is 17.4 Å². The van der Waals surface area contributed by atoms with Crippen LogP contribution in [0, 0.1) is 0 Å². The maximum Gasteiger partial charge on any atom is 0.198 e. The van der Waals surface area contributed by atoms with Gasteiger partial charge in [-0.05, 0) is 29.8 Å². The number of sulfone groups is 1. The summed E-state index contributed by atoms with van der Waals surface area (Å²) in [6, 6.07) is 8.59. The number of ether oxygens (including phenoxy) is 1. The van der Waals surface area contributed by atoms with Crippen molar-refractivity contribution in [2.75, 3.05) is 26.3 Å². The Hall–Kier alpha value is -1.51. The van der Waals surface area contributed by atoms with E-state index in [4.69, 9.17) is 16.3 Å². The van der Waals surface area contributed by atoms with Gasteiger partial charge < -0.3 is 9.53 Å². The number of halogens is 1. The maximum absolute atomic E-state index is 13.6. The molecule has 1 saturated heterocycles. The van der Waals surface area contributed by atoms with E-state index in [0.717, 1.165) is 16.7 Å². The molecular formula is C20H22ClNO4S2. The van der Waals surface area contributed by atoms with Crippen LogP contribution in [0.3, 0.4) is 0 Å². The minimum Gasteiger partial charge on any atom is -0.379 e. The van der Waals surface area contributed by atoms with Crippen LogP contribution in [0.25, 0.3) is 10.4 Å². The Labute approximate surface area is 174 Å². The molecule has 5 nitrogen and oxygen atoms in total. The van der Waals surface area contributed by atoms with Gasteiger partial charge in [0, 0.05) is 29.4 Å². The van der Waals surface area contributed by atoms with Gasteiger partial charge in [-0.15, -0.1) is 17.9 Å². The van der Waals surface area contributed by atoms with Gasteiger partial charge in [0.25, 0.3) is 0 Å². The molecule has 2 unspecified atom stereocenters. The minimum atomic E-state index is -3.74. The average Bonchev–Trinajstić information content (AvgIpc) is 3.14. The van der Waals surface area contributed by atoms with Gasteiger partial charge in [-0.2, -0.15) is 0 Å². The molecule has 1 aromatic carbocycles.